The molecule has 4 rings (SSSR count). The highest BCUT2D eigenvalue weighted by atomic mass is 79.9. The maximum atomic E-state index is 11.4. The van der Waals surface area contributed by atoms with Crippen molar-refractivity contribution in [2.45, 2.75) is 19.4 Å². The first kappa shape index (κ1) is 18.7. The molecule has 2 aromatic heterocycles. The van der Waals surface area contributed by atoms with Crippen molar-refractivity contribution in [2.24, 2.45) is 11.7 Å². The van der Waals surface area contributed by atoms with Gasteiger partial charge in [-0.05, 0) is 47.0 Å². The van der Waals surface area contributed by atoms with E-state index < -0.39 is 0 Å². The van der Waals surface area contributed by atoms with Crippen LogP contribution >= 0.6 is 15.9 Å². The number of hydrogen-bond acceptors (Lipinski definition) is 5. The average Bonchev–Trinajstić information content (AvgIpc) is 2.73. The fourth-order valence-electron chi connectivity index (χ4n) is 3.71. The average molecular weight is 440 g/mol. The molecule has 0 atom stereocenters. The van der Waals surface area contributed by atoms with Gasteiger partial charge in [0, 0.05) is 59.1 Å². The standard InChI is InChI=1S/C21H22BrN5O/c22-17-5-1-4-16-18(6-10-24-19(16)17)26-13-15-3-2-9-25-21(15)27-11-7-14(8-12-27)20(23)28/h1-6,9-10,14H,7-8,11-13H2,(H2,23,28)(H,24,26). The second kappa shape index (κ2) is 8.14. The van der Waals surface area contributed by atoms with Gasteiger partial charge in [0.2, 0.25) is 5.91 Å². The van der Waals surface area contributed by atoms with E-state index in [-0.39, 0.29) is 11.8 Å². The van der Waals surface area contributed by atoms with Crippen molar-refractivity contribution in [2.75, 3.05) is 23.3 Å². The molecule has 7 heteroatoms. The highest BCUT2D eigenvalue weighted by Crippen LogP contribution is 2.29. The number of pyridine rings is 2. The van der Waals surface area contributed by atoms with Crippen molar-refractivity contribution in [3.8, 4) is 0 Å². The summed E-state index contributed by atoms with van der Waals surface area (Å²) < 4.78 is 0.980. The topological polar surface area (TPSA) is 84.1 Å². The van der Waals surface area contributed by atoms with Crippen LogP contribution in [-0.2, 0) is 11.3 Å². The van der Waals surface area contributed by atoms with Gasteiger partial charge in [0.25, 0.3) is 0 Å². The third-order valence-electron chi connectivity index (χ3n) is 5.26. The van der Waals surface area contributed by atoms with E-state index in [4.69, 9.17) is 5.73 Å². The number of para-hydroxylation sites is 1. The Morgan fingerprint density at radius 2 is 1.96 bits per heavy atom. The summed E-state index contributed by atoms with van der Waals surface area (Å²) in [6, 6.07) is 12.1. The maximum absolute atomic E-state index is 11.4. The molecule has 1 aromatic carbocycles. The van der Waals surface area contributed by atoms with Gasteiger partial charge in [-0.3, -0.25) is 9.78 Å². The SMILES string of the molecule is NC(=O)C1CCN(c2ncccc2CNc2ccnc3c(Br)cccc23)CC1. The molecule has 1 aliphatic heterocycles. The minimum absolute atomic E-state index is 0.0248. The summed E-state index contributed by atoms with van der Waals surface area (Å²) in [4.78, 5) is 22.7. The number of primary amides is 1. The Morgan fingerprint density at radius 1 is 1.14 bits per heavy atom. The highest BCUT2D eigenvalue weighted by molar-refractivity contribution is 9.10. The quantitative estimate of drug-likeness (QED) is 0.632. The molecule has 1 aliphatic rings. The number of fused-ring (bicyclic) bond motifs is 1. The van der Waals surface area contributed by atoms with Crippen LogP contribution < -0.4 is 16.0 Å². The van der Waals surface area contributed by atoms with E-state index in [0.717, 1.165) is 58.4 Å². The Balaban J connectivity index is 1.53. The van der Waals surface area contributed by atoms with Crippen molar-refractivity contribution < 1.29 is 4.79 Å². The molecule has 28 heavy (non-hydrogen) atoms. The van der Waals surface area contributed by atoms with E-state index in [1.165, 1.54) is 0 Å². The fraction of sp³-hybridized carbons (Fsp3) is 0.286. The number of rotatable bonds is 5. The molecular weight excluding hydrogens is 418 g/mol. The second-order valence-electron chi connectivity index (χ2n) is 7.00. The van der Waals surface area contributed by atoms with Gasteiger partial charge in [0.1, 0.15) is 5.82 Å². The zero-order valence-electron chi connectivity index (χ0n) is 15.4. The van der Waals surface area contributed by atoms with Crippen LogP contribution in [0.5, 0.6) is 0 Å². The normalized spacial score (nSPS) is 15.0. The lowest BCUT2D eigenvalue weighted by Gasteiger charge is -2.32. The van der Waals surface area contributed by atoms with Gasteiger partial charge in [-0.2, -0.15) is 0 Å². The van der Waals surface area contributed by atoms with Gasteiger partial charge in [-0.15, -0.1) is 0 Å². The number of nitrogens with two attached hydrogens (primary N) is 1. The van der Waals surface area contributed by atoms with Gasteiger partial charge < -0.3 is 16.0 Å². The molecule has 144 valence electrons. The molecule has 0 aliphatic carbocycles. The third-order valence-corrected chi connectivity index (χ3v) is 5.90. The molecule has 0 unspecified atom stereocenters. The predicted octanol–water partition coefficient (Wildman–Crippen LogP) is 3.71. The van der Waals surface area contributed by atoms with Crippen LogP contribution in [0.2, 0.25) is 0 Å². The van der Waals surface area contributed by atoms with Gasteiger partial charge in [-0.1, -0.05) is 18.2 Å². The minimum atomic E-state index is -0.196. The number of aromatic nitrogens is 2. The maximum Gasteiger partial charge on any atom is 0.220 e. The molecule has 3 heterocycles. The fourth-order valence-corrected chi connectivity index (χ4v) is 4.18. The Bertz CT molecular complexity index is 1000. The Labute approximate surface area is 172 Å². The lowest BCUT2D eigenvalue weighted by molar-refractivity contribution is -0.122. The van der Waals surface area contributed by atoms with Crippen LogP contribution in [0.15, 0.2) is 53.3 Å². The Morgan fingerprint density at radius 3 is 2.75 bits per heavy atom. The van der Waals surface area contributed by atoms with E-state index >= 15 is 0 Å². The molecule has 1 saturated heterocycles. The van der Waals surface area contributed by atoms with Crippen molar-refractivity contribution in [1.82, 2.24) is 9.97 Å². The number of anilines is 2. The first-order chi connectivity index (χ1) is 13.6. The molecule has 6 nitrogen and oxygen atoms in total. The van der Waals surface area contributed by atoms with Gasteiger partial charge in [0.15, 0.2) is 0 Å². The molecule has 0 saturated carbocycles. The summed E-state index contributed by atoms with van der Waals surface area (Å²) in [5.41, 5.74) is 8.56. The summed E-state index contributed by atoms with van der Waals surface area (Å²) in [6.07, 6.45) is 5.19. The molecule has 0 radical (unpaired) electrons. The number of piperidine rings is 1. The minimum Gasteiger partial charge on any atom is -0.380 e. The summed E-state index contributed by atoms with van der Waals surface area (Å²) in [5.74, 6) is 0.749. The van der Waals surface area contributed by atoms with Crippen molar-refractivity contribution in [3.05, 3.63) is 58.8 Å². The lowest BCUT2D eigenvalue weighted by Crippen LogP contribution is -2.39. The molecule has 1 amide bonds. The van der Waals surface area contributed by atoms with E-state index in [1.54, 1.807) is 0 Å². The predicted molar refractivity (Wildman–Crippen MR) is 115 cm³/mol. The number of hydrogen-bond donors (Lipinski definition) is 2. The largest absolute Gasteiger partial charge is 0.380 e. The van der Waals surface area contributed by atoms with Crippen molar-refractivity contribution in [1.29, 1.82) is 0 Å². The smallest absolute Gasteiger partial charge is 0.220 e. The van der Waals surface area contributed by atoms with Gasteiger partial charge >= 0.3 is 0 Å². The zero-order valence-corrected chi connectivity index (χ0v) is 17.0. The summed E-state index contributed by atoms with van der Waals surface area (Å²) in [7, 11) is 0. The van der Waals surface area contributed by atoms with Gasteiger partial charge in [-0.25, -0.2) is 4.98 Å². The summed E-state index contributed by atoms with van der Waals surface area (Å²) in [6.45, 7) is 2.25. The van der Waals surface area contributed by atoms with Crippen LogP contribution in [0.4, 0.5) is 11.5 Å². The third kappa shape index (κ3) is 3.80. The second-order valence-corrected chi connectivity index (χ2v) is 7.85. The number of amides is 1. The van der Waals surface area contributed by atoms with E-state index in [9.17, 15) is 4.79 Å². The van der Waals surface area contributed by atoms with Crippen LogP contribution in [0.25, 0.3) is 10.9 Å². The first-order valence-electron chi connectivity index (χ1n) is 9.39. The number of carbonyl (C=O) groups is 1. The van der Waals surface area contributed by atoms with Crippen LogP contribution in [0, 0.1) is 5.92 Å². The van der Waals surface area contributed by atoms with E-state index in [2.05, 4.69) is 48.2 Å². The summed E-state index contributed by atoms with van der Waals surface area (Å²) in [5, 5.41) is 4.61. The number of halogens is 1. The Hall–Kier alpha value is -2.67. The molecule has 3 N–H and O–H groups in total. The molecule has 0 bridgehead atoms. The molecule has 3 aromatic rings. The monoisotopic (exact) mass is 439 g/mol. The lowest BCUT2D eigenvalue weighted by atomic mass is 9.96. The molecule has 0 spiro atoms. The van der Waals surface area contributed by atoms with E-state index in [0.29, 0.717) is 6.54 Å². The molecule has 1 fully saturated rings. The van der Waals surface area contributed by atoms with E-state index in [1.807, 2.05) is 36.7 Å². The highest BCUT2D eigenvalue weighted by Gasteiger charge is 2.24. The van der Waals surface area contributed by atoms with Crippen molar-refractivity contribution in [3.63, 3.8) is 0 Å². The van der Waals surface area contributed by atoms with Gasteiger partial charge in [0.05, 0.1) is 5.52 Å². The Kier molecular flexibility index (Phi) is 5.43. The number of nitrogens with zero attached hydrogens (tertiary/aromatic N) is 3. The zero-order chi connectivity index (χ0) is 19.5. The molecular formula is C21H22BrN5O. The first-order valence-corrected chi connectivity index (χ1v) is 10.2. The summed E-state index contributed by atoms with van der Waals surface area (Å²) >= 11 is 3.57. The van der Waals surface area contributed by atoms with Crippen LogP contribution in [0.3, 0.4) is 0 Å². The number of carbonyl (C=O) groups excluding carboxylic acids is 1. The van der Waals surface area contributed by atoms with Crippen LogP contribution in [0.1, 0.15) is 18.4 Å². The number of benzene rings is 1. The van der Waals surface area contributed by atoms with Crippen LogP contribution in [-0.4, -0.2) is 29.0 Å². The van der Waals surface area contributed by atoms with Crippen molar-refractivity contribution >= 4 is 44.2 Å². The number of nitrogens with one attached hydrogen (secondary N) is 1.